The van der Waals surface area contributed by atoms with Gasteiger partial charge in [-0.05, 0) is 44.2 Å². The summed E-state index contributed by atoms with van der Waals surface area (Å²) in [6.45, 7) is 4.12. The van der Waals surface area contributed by atoms with Gasteiger partial charge in [-0.3, -0.25) is 4.79 Å². The topological polar surface area (TPSA) is 68.5 Å². The molecule has 3 rings (SSSR count). The summed E-state index contributed by atoms with van der Waals surface area (Å²) < 4.78 is 11.3. The van der Waals surface area contributed by atoms with Gasteiger partial charge in [0.05, 0.1) is 12.6 Å². The van der Waals surface area contributed by atoms with Gasteiger partial charge in [0.1, 0.15) is 5.75 Å². The maximum absolute atomic E-state index is 12.6. The van der Waals surface area contributed by atoms with Gasteiger partial charge in [-0.15, -0.1) is 10.2 Å². The van der Waals surface area contributed by atoms with Crippen LogP contribution in [0.15, 0.2) is 59.0 Å². The molecule has 3 aromatic rings. The fourth-order valence-corrected chi connectivity index (χ4v) is 2.48. The van der Waals surface area contributed by atoms with Crippen molar-refractivity contribution in [3.05, 3.63) is 66.1 Å². The lowest BCUT2D eigenvalue weighted by atomic mass is 10.2. The zero-order chi connectivity index (χ0) is 18.5. The third kappa shape index (κ3) is 4.27. The molecule has 0 aliphatic heterocycles. The summed E-state index contributed by atoms with van der Waals surface area (Å²) in [6.07, 6.45) is 0.0490. The Morgan fingerprint density at radius 1 is 1.12 bits per heavy atom. The molecule has 0 spiro atoms. The molecule has 26 heavy (non-hydrogen) atoms. The number of rotatable bonds is 6. The van der Waals surface area contributed by atoms with Crippen molar-refractivity contribution in [2.75, 3.05) is 7.05 Å². The van der Waals surface area contributed by atoms with Gasteiger partial charge in [-0.2, -0.15) is 0 Å². The van der Waals surface area contributed by atoms with E-state index in [-0.39, 0.29) is 18.6 Å². The van der Waals surface area contributed by atoms with Crippen molar-refractivity contribution in [3.63, 3.8) is 0 Å². The highest BCUT2D eigenvalue weighted by Crippen LogP contribution is 2.19. The summed E-state index contributed by atoms with van der Waals surface area (Å²) in [5.74, 6) is 1.35. The van der Waals surface area contributed by atoms with Crippen LogP contribution in [0.25, 0.3) is 11.5 Å². The third-order valence-corrected chi connectivity index (χ3v) is 3.66. The summed E-state index contributed by atoms with van der Waals surface area (Å²) in [4.78, 5) is 14.2. The number of amides is 1. The number of hydrogen-bond donors (Lipinski definition) is 0. The van der Waals surface area contributed by atoms with Gasteiger partial charge >= 0.3 is 0 Å². The van der Waals surface area contributed by atoms with Crippen LogP contribution in [-0.4, -0.2) is 34.2 Å². The smallest absolute Gasteiger partial charge is 0.254 e. The second-order valence-corrected chi connectivity index (χ2v) is 6.22. The minimum Gasteiger partial charge on any atom is -0.491 e. The van der Waals surface area contributed by atoms with Gasteiger partial charge in [0, 0.05) is 18.2 Å². The average molecular weight is 351 g/mol. The van der Waals surface area contributed by atoms with Crippen molar-refractivity contribution >= 4 is 5.91 Å². The van der Waals surface area contributed by atoms with Crippen molar-refractivity contribution in [1.82, 2.24) is 15.1 Å². The maximum atomic E-state index is 12.6. The summed E-state index contributed by atoms with van der Waals surface area (Å²) in [5.41, 5.74) is 1.40. The normalized spacial score (nSPS) is 10.8. The van der Waals surface area contributed by atoms with Crippen molar-refractivity contribution in [2.45, 2.75) is 26.5 Å². The van der Waals surface area contributed by atoms with Crippen LogP contribution >= 0.6 is 0 Å². The molecule has 0 bridgehead atoms. The third-order valence-electron chi connectivity index (χ3n) is 3.66. The van der Waals surface area contributed by atoms with Gasteiger partial charge in [0.25, 0.3) is 5.91 Å². The molecule has 0 aliphatic carbocycles. The Hall–Kier alpha value is -3.15. The number of carbonyl (C=O) groups is 1. The number of nitrogens with zero attached hydrogens (tertiary/aromatic N) is 3. The standard InChI is InChI=1S/C20H21N3O3/c1-14(2)25-17-11-7-10-16(12-17)20(24)23(3)13-18-21-22-19(26-18)15-8-5-4-6-9-15/h4-12,14H,13H2,1-3H3. The first kappa shape index (κ1) is 17.7. The van der Waals surface area contributed by atoms with Crippen LogP contribution in [0, 0.1) is 0 Å². The first-order valence-electron chi connectivity index (χ1n) is 8.43. The van der Waals surface area contributed by atoms with Crippen LogP contribution in [0.5, 0.6) is 5.75 Å². The van der Waals surface area contributed by atoms with Gasteiger partial charge in [-0.1, -0.05) is 24.3 Å². The van der Waals surface area contributed by atoms with Crippen molar-refractivity contribution < 1.29 is 13.9 Å². The summed E-state index contributed by atoms with van der Waals surface area (Å²) >= 11 is 0. The predicted octanol–water partition coefficient (Wildman–Crippen LogP) is 3.80. The largest absolute Gasteiger partial charge is 0.491 e. The Balaban J connectivity index is 1.69. The molecular weight excluding hydrogens is 330 g/mol. The lowest BCUT2D eigenvalue weighted by Gasteiger charge is -2.16. The van der Waals surface area contributed by atoms with E-state index in [9.17, 15) is 4.79 Å². The van der Waals surface area contributed by atoms with Gasteiger partial charge in [0.2, 0.25) is 11.8 Å². The first-order valence-corrected chi connectivity index (χ1v) is 8.43. The lowest BCUT2D eigenvalue weighted by molar-refractivity contribution is 0.0772. The average Bonchev–Trinajstić information content (AvgIpc) is 3.10. The van der Waals surface area contributed by atoms with Crippen LogP contribution in [0.1, 0.15) is 30.1 Å². The minimum absolute atomic E-state index is 0.0490. The van der Waals surface area contributed by atoms with E-state index in [4.69, 9.17) is 9.15 Å². The first-order chi connectivity index (χ1) is 12.5. The zero-order valence-electron chi connectivity index (χ0n) is 15.0. The van der Waals surface area contributed by atoms with Crippen LogP contribution in [0.3, 0.4) is 0 Å². The molecular formula is C20H21N3O3. The van der Waals surface area contributed by atoms with E-state index in [1.54, 1.807) is 25.2 Å². The van der Waals surface area contributed by atoms with Crippen molar-refractivity contribution in [3.8, 4) is 17.2 Å². The fourth-order valence-electron chi connectivity index (χ4n) is 2.48. The zero-order valence-corrected chi connectivity index (χ0v) is 15.0. The van der Waals surface area contributed by atoms with E-state index < -0.39 is 0 Å². The summed E-state index contributed by atoms with van der Waals surface area (Å²) in [6, 6.07) is 16.7. The molecule has 134 valence electrons. The Morgan fingerprint density at radius 2 is 1.88 bits per heavy atom. The second-order valence-electron chi connectivity index (χ2n) is 6.22. The highest BCUT2D eigenvalue weighted by atomic mass is 16.5. The van der Waals surface area contributed by atoms with E-state index in [2.05, 4.69) is 10.2 Å². The molecule has 0 aliphatic rings. The maximum Gasteiger partial charge on any atom is 0.254 e. The van der Waals surface area contributed by atoms with E-state index in [1.165, 1.54) is 4.90 Å². The quantitative estimate of drug-likeness (QED) is 0.676. The van der Waals surface area contributed by atoms with Crippen molar-refractivity contribution in [1.29, 1.82) is 0 Å². The molecule has 0 unspecified atom stereocenters. The molecule has 0 N–H and O–H groups in total. The molecule has 0 saturated carbocycles. The summed E-state index contributed by atoms with van der Waals surface area (Å²) in [5, 5.41) is 8.07. The predicted molar refractivity (Wildman–Crippen MR) is 97.7 cm³/mol. The van der Waals surface area contributed by atoms with Gasteiger partial charge in [0.15, 0.2) is 0 Å². The van der Waals surface area contributed by atoms with Crippen LogP contribution < -0.4 is 4.74 Å². The van der Waals surface area contributed by atoms with Gasteiger partial charge in [-0.25, -0.2) is 0 Å². The molecule has 0 atom stereocenters. The second kappa shape index (κ2) is 7.82. The number of carbonyl (C=O) groups excluding carboxylic acids is 1. The Morgan fingerprint density at radius 3 is 2.62 bits per heavy atom. The highest BCUT2D eigenvalue weighted by Gasteiger charge is 2.16. The molecule has 1 amide bonds. The van der Waals surface area contributed by atoms with Crippen LogP contribution in [0.2, 0.25) is 0 Å². The van der Waals surface area contributed by atoms with E-state index in [0.29, 0.717) is 23.1 Å². The van der Waals surface area contributed by atoms with Gasteiger partial charge < -0.3 is 14.1 Å². The molecule has 0 fully saturated rings. The van der Waals surface area contributed by atoms with E-state index in [0.717, 1.165) is 5.56 Å². The van der Waals surface area contributed by atoms with Crippen molar-refractivity contribution in [2.24, 2.45) is 0 Å². The molecule has 0 radical (unpaired) electrons. The van der Waals surface area contributed by atoms with Crippen LogP contribution in [-0.2, 0) is 6.54 Å². The lowest BCUT2D eigenvalue weighted by Crippen LogP contribution is -2.26. The SMILES string of the molecule is CC(C)Oc1cccc(C(=O)N(C)Cc2nnc(-c3ccccc3)o2)c1. The number of benzene rings is 2. The molecule has 1 aromatic heterocycles. The Kier molecular flexibility index (Phi) is 5.31. The molecule has 0 saturated heterocycles. The molecule has 6 nitrogen and oxygen atoms in total. The van der Waals surface area contributed by atoms with Crippen LogP contribution in [0.4, 0.5) is 0 Å². The number of ether oxygens (including phenoxy) is 1. The minimum atomic E-state index is -0.140. The highest BCUT2D eigenvalue weighted by molar-refractivity contribution is 5.94. The number of hydrogen-bond acceptors (Lipinski definition) is 5. The molecule has 1 heterocycles. The van der Waals surface area contributed by atoms with E-state index >= 15 is 0 Å². The molecule has 2 aromatic carbocycles. The number of aromatic nitrogens is 2. The fraction of sp³-hybridized carbons (Fsp3) is 0.250. The summed E-state index contributed by atoms with van der Waals surface area (Å²) in [7, 11) is 1.70. The monoisotopic (exact) mass is 351 g/mol. The molecule has 6 heteroatoms. The Bertz CT molecular complexity index is 875. The van der Waals surface area contributed by atoms with E-state index in [1.807, 2.05) is 50.2 Å². The Labute approximate surface area is 152 Å².